The first kappa shape index (κ1) is 17.5. The second-order valence-electron chi connectivity index (χ2n) is 14.8. The average Bonchev–Trinajstić information content (AvgIpc) is 3.11. The van der Waals surface area contributed by atoms with Gasteiger partial charge in [-0.3, -0.25) is 0 Å². The van der Waals surface area contributed by atoms with Crippen molar-refractivity contribution in [2.24, 2.45) is 0 Å². The Kier molecular flexibility index (Phi) is 3.93. The van der Waals surface area contributed by atoms with Crippen molar-refractivity contribution in [1.82, 2.24) is 0 Å². The van der Waals surface area contributed by atoms with Gasteiger partial charge in [0.2, 0.25) is 0 Å². The van der Waals surface area contributed by atoms with Gasteiger partial charge in [0, 0.05) is 16.9 Å². The van der Waals surface area contributed by atoms with Gasteiger partial charge in [-0.2, -0.15) is 0 Å². The van der Waals surface area contributed by atoms with Gasteiger partial charge in [0.15, 0.2) is 0 Å². The Balaban J connectivity index is 1.78. The minimum absolute atomic E-state index is 0.0577. The number of hydrogen-bond acceptors (Lipinski definition) is 2. The van der Waals surface area contributed by atoms with Gasteiger partial charge in [0.25, 0.3) is 6.71 Å². The van der Waals surface area contributed by atoms with Crippen molar-refractivity contribution in [3.63, 3.8) is 0 Å². The highest BCUT2D eigenvalue weighted by atomic mass is 16.5. The van der Waals surface area contributed by atoms with Gasteiger partial charge in [-0.1, -0.05) is 129 Å². The zero-order valence-electron chi connectivity index (χ0n) is 41.2. The van der Waals surface area contributed by atoms with Crippen molar-refractivity contribution in [2.45, 2.75) is 78.6 Å². The standard InChI is InChI=1S/C42H44BNO/c1-40(2,3)28-18-21-34(31(24-28)27-14-11-10-12-15-27)44-35-22-19-29(41(4,5)6)25-32(35)43-33-26-30(42(7,8)9)20-23-37(33)45-38-17-13-16-36(44)39(38)43/h10-26H,1-9H3/i10D,11D,12D,14D,15D,18D,19D,20D,21D,22D,23D,24D,25D,26D. The van der Waals surface area contributed by atoms with Gasteiger partial charge in [-0.05, 0) is 91.2 Å². The fraction of sp³-hybridized carbons (Fsp3) is 0.286. The Morgan fingerprint density at radius 3 is 1.80 bits per heavy atom. The molecule has 0 N–H and O–H groups in total. The van der Waals surface area contributed by atoms with E-state index in [1.165, 1.54) is 4.90 Å². The van der Waals surface area contributed by atoms with Crippen LogP contribution < -0.4 is 26.0 Å². The van der Waals surface area contributed by atoms with Crippen LogP contribution in [0, 0.1) is 0 Å². The Bertz CT molecular complexity index is 2680. The summed E-state index contributed by atoms with van der Waals surface area (Å²) in [5.74, 6) is 0.127. The summed E-state index contributed by atoms with van der Waals surface area (Å²) >= 11 is 0. The van der Waals surface area contributed by atoms with Crippen molar-refractivity contribution in [3.8, 4) is 22.6 Å². The highest BCUT2D eigenvalue weighted by Crippen LogP contribution is 2.46. The maximum Gasteiger partial charge on any atom is 0.256 e. The Morgan fingerprint density at radius 2 is 1.16 bits per heavy atom. The number of ether oxygens (including phenoxy) is 1. The second kappa shape index (κ2) is 10.1. The number of rotatable bonds is 2. The van der Waals surface area contributed by atoms with Gasteiger partial charge in [0.1, 0.15) is 11.5 Å². The van der Waals surface area contributed by atoms with E-state index < -0.39 is 64.8 Å². The van der Waals surface area contributed by atoms with Crippen LogP contribution in [-0.4, -0.2) is 6.71 Å². The summed E-state index contributed by atoms with van der Waals surface area (Å²) in [6.07, 6.45) is 0. The van der Waals surface area contributed by atoms with Crippen LogP contribution in [0.2, 0.25) is 0 Å². The van der Waals surface area contributed by atoms with Crippen molar-refractivity contribution in [3.05, 3.63) is 119 Å². The maximum atomic E-state index is 9.98. The predicted molar refractivity (Wildman–Crippen MR) is 194 cm³/mol. The lowest BCUT2D eigenvalue weighted by molar-refractivity contribution is 0.486. The summed E-state index contributed by atoms with van der Waals surface area (Å²) < 4.78 is 136. The molecule has 0 aliphatic carbocycles. The molecule has 0 saturated heterocycles. The summed E-state index contributed by atoms with van der Waals surface area (Å²) in [5.41, 5.74) is -2.19. The van der Waals surface area contributed by atoms with Crippen LogP contribution in [0.25, 0.3) is 11.1 Å². The second-order valence-corrected chi connectivity index (χ2v) is 14.8. The molecule has 3 heteroatoms. The SMILES string of the molecule is [2H]c1c([2H])c([2H])c(-c2c([2H])c(C(C)(C)C)c([2H])c([2H])c2N2c3cccc4c3B(c3c([2H])c(C(C)(C)C)c([2H])c([2H])c3O4)c3c([2H])c(C(C)(C)C)c([2H])c([2H])c32)c([2H])c1[2H]. The molecular formula is C42H44BNO. The molecule has 2 heterocycles. The monoisotopic (exact) mass is 603 g/mol. The first-order valence-electron chi connectivity index (χ1n) is 22.2. The van der Waals surface area contributed by atoms with E-state index in [4.69, 9.17) is 13.0 Å². The van der Waals surface area contributed by atoms with E-state index in [0.717, 1.165) is 0 Å². The van der Waals surface area contributed by atoms with Crippen LogP contribution in [0.3, 0.4) is 0 Å². The summed E-state index contributed by atoms with van der Waals surface area (Å²) in [6.45, 7) is 15.1. The van der Waals surface area contributed by atoms with E-state index in [9.17, 15) is 11.0 Å². The fourth-order valence-corrected chi connectivity index (χ4v) is 5.74. The van der Waals surface area contributed by atoms with E-state index in [1.807, 2.05) is 41.5 Å². The molecule has 5 aromatic carbocycles. The van der Waals surface area contributed by atoms with E-state index in [0.29, 0.717) is 5.46 Å². The largest absolute Gasteiger partial charge is 0.458 e. The number of benzene rings is 5. The van der Waals surface area contributed by atoms with Gasteiger partial charge in [-0.25, -0.2) is 0 Å². The maximum absolute atomic E-state index is 9.98. The molecule has 45 heavy (non-hydrogen) atoms. The Morgan fingerprint density at radius 1 is 0.578 bits per heavy atom. The lowest BCUT2D eigenvalue weighted by Gasteiger charge is -2.41. The van der Waals surface area contributed by atoms with Gasteiger partial charge in [0.05, 0.1) is 24.9 Å². The molecule has 2 nitrogen and oxygen atoms in total. The van der Waals surface area contributed by atoms with Crippen molar-refractivity contribution < 1.29 is 23.9 Å². The quantitative estimate of drug-likeness (QED) is 0.183. The van der Waals surface area contributed by atoms with Crippen LogP contribution in [0.15, 0.2) is 103 Å². The molecule has 0 unspecified atom stereocenters. The molecule has 0 atom stereocenters. The zero-order chi connectivity index (χ0) is 44.1. The van der Waals surface area contributed by atoms with Crippen molar-refractivity contribution in [1.29, 1.82) is 0 Å². The minimum atomic E-state index is -1.08. The molecule has 0 radical (unpaired) electrons. The third kappa shape index (κ3) is 4.98. The third-order valence-electron chi connectivity index (χ3n) is 8.23. The van der Waals surface area contributed by atoms with Gasteiger partial charge in [-0.15, -0.1) is 0 Å². The highest BCUT2D eigenvalue weighted by Gasteiger charge is 2.43. The highest BCUT2D eigenvalue weighted by molar-refractivity contribution is 6.99. The van der Waals surface area contributed by atoms with Gasteiger partial charge < -0.3 is 9.64 Å². The normalized spacial score (nSPS) is 18.3. The molecule has 0 aromatic heterocycles. The molecule has 7 rings (SSSR count). The minimum Gasteiger partial charge on any atom is -0.458 e. The van der Waals surface area contributed by atoms with E-state index in [-0.39, 0.29) is 110 Å². The molecule has 0 amide bonds. The lowest BCUT2D eigenvalue weighted by atomic mass is 9.34. The number of hydrogen-bond donors (Lipinski definition) is 0. The molecule has 2 aliphatic heterocycles. The molecule has 226 valence electrons. The molecule has 0 fully saturated rings. The number of fused-ring (bicyclic) bond motifs is 4. The Labute approximate surface area is 289 Å². The number of anilines is 3. The fourth-order valence-electron chi connectivity index (χ4n) is 5.74. The zero-order valence-corrected chi connectivity index (χ0v) is 27.2. The van der Waals surface area contributed by atoms with Crippen LogP contribution in [0.4, 0.5) is 17.1 Å². The molecular weight excluding hydrogens is 545 g/mol. The average molecular weight is 604 g/mol. The molecule has 0 spiro atoms. The van der Waals surface area contributed by atoms with Gasteiger partial charge >= 0.3 is 0 Å². The van der Waals surface area contributed by atoms with E-state index in [1.54, 1.807) is 39.0 Å². The van der Waals surface area contributed by atoms with Crippen molar-refractivity contribution in [2.75, 3.05) is 4.90 Å². The lowest BCUT2D eigenvalue weighted by Crippen LogP contribution is -2.59. The third-order valence-corrected chi connectivity index (χ3v) is 8.23. The molecule has 2 aliphatic rings. The predicted octanol–water partition coefficient (Wildman–Crippen LogP) is 9.65. The van der Waals surface area contributed by atoms with Crippen LogP contribution in [-0.2, 0) is 16.2 Å². The Hall–Kier alpha value is -4.24. The van der Waals surface area contributed by atoms with Crippen LogP contribution in [0.5, 0.6) is 11.5 Å². The number of nitrogens with zero attached hydrogens (tertiary/aromatic N) is 1. The molecule has 5 aromatic rings. The topological polar surface area (TPSA) is 12.5 Å². The summed E-state index contributed by atoms with van der Waals surface area (Å²) in [4.78, 5) is 1.39. The van der Waals surface area contributed by atoms with Crippen LogP contribution >= 0.6 is 0 Å². The summed E-state index contributed by atoms with van der Waals surface area (Å²) in [7, 11) is 0. The molecule has 0 saturated carbocycles. The summed E-state index contributed by atoms with van der Waals surface area (Å²) in [5, 5.41) is 0. The summed E-state index contributed by atoms with van der Waals surface area (Å²) in [6, 6.07) is -1.07. The van der Waals surface area contributed by atoms with Crippen LogP contribution in [0.1, 0.15) is 98.2 Å². The molecule has 0 bridgehead atoms. The van der Waals surface area contributed by atoms with E-state index >= 15 is 0 Å². The first-order valence-corrected chi connectivity index (χ1v) is 15.2. The smallest absolute Gasteiger partial charge is 0.256 e. The van der Waals surface area contributed by atoms with E-state index in [2.05, 4.69) is 0 Å². The van der Waals surface area contributed by atoms with Crippen molar-refractivity contribution >= 4 is 40.2 Å². The first-order chi connectivity index (χ1) is 27.1.